The van der Waals surface area contributed by atoms with E-state index in [-0.39, 0.29) is 5.69 Å². The van der Waals surface area contributed by atoms with Crippen LogP contribution >= 0.6 is 0 Å². The number of imidazole rings is 1. The zero-order valence-corrected chi connectivity index (χ0v) is 12.8. The third kappa shape index (κ3) is 5.03. The number of esters is 1. The minimum atomic E-state index is -1.14. The summed E-state index contributed by atoms with van der Waals surface area (Å²) >= 11 is 0. The second-order valence-electron chi connectivity index (χ2n) is 4.44. The van der Waals surface area contributed by atoms with Gasteiger partial charge in [-0.05, 0) is 27.2 Å². The van der Waals surface area contributed by atoms with Crippen LogP contribution in [0, 0.1) is 0 Å². The lowest BCUT2D eigenvalue weighted by molar-refractivity contribution is 0.0476. The van der Waals surface area contributed by atoms with Crippen molar-refractivity contribution in [3.05, 3.63) is 17.2 Å². The number of nitrogens with one attached hydrogen (secondary N) is 1. The molecule has 0 saturated heterocycles. The molecule has 0 bridgehead atoms. The largest absolute Gasteiger partial charge is 0.461 e. The Hall–Kier alpha value is -1.36. The normalized spacial score (nSPS) is 10.7. The van der Waals surface area contributed by atoms with Crippen LogP contribution in [0.1, 0.15) is 70.0 Å². The standard InChI is InChI=1S/C12H20N2O3.C2H6/c1-5-7-8-13-9(11(15)17-6-2)10(14-8)12(3,4)16;1-2/h16H,5-7H2,1-4H3,(H,13,14);1-2H3. The van der Waals surface area contributed by atoms with E-state index in [1.54, 1.807) is 20.8 Å². The molecule has 19 heavy (non-hydrogen) atoms. The number of rotatable bonds is 5. The Morgan fingerprint density at radius 1 is 1.37 bits per heavy atom. The van der Waals surface area contributed by atoms with Crippen LogP contribution in [-0.4, -0.2) is 27.7 Å². The van der Waals surface area contributed by atoms with Crippen LogP contribution in [-0.2, 0) is 16.8 Å². The Balaban J connectivity index is 0.00000154. The van der Waals surface area contributed by atoms with Crippen molar-refractivity contribution in [2.75, 3.05) is 6.61 Å². The molecule has 0 spiro atoms. The van der Waals surface area contributed by atoms with Crippen molar-refractivity contribution in [3.8, 4) is 0 Å². The number of nitrogens with zero attached hydrogens (tertiary/aromatic N) is 1. The van der Waals surface area contributed by atoms with Crippen molar-refractivity contribution < 1.29 is 14.6 Å². The summed E-state index contributed by atoms with van der Waals surface area (Å²) in [6.45, 7) is 11.3. The van der Waals surface area contributed by atoms with E-state index in [1.165, 1.54) is 0 Å². The second kappa shape index (κ2) is 7.94. The van der Waals surface area contributed by atoms with Crippen LogP contribution in [0.15, 0.2) is 0 Å². The number of aromatic nitrogens is 2. The molecule has 0 aliphatic carbocycles. The van der Waals surface area contributed by atoms with Gasteiger partial charge in [0.15, 0.2) is 5.69 Å². The van der Waals surface area contributed by atoms with Crippen molar-refractivity contribution in [2.24, 2.45) is 0 Å². The highest BCUT2D eigenvalue weighted by Crippen LogP contribution is 2.22. The number of carbonyl (C=O) groups excluding carboxylic acids is 1. The van der Waals surface area contributed by atoms with Gasteiger partial charge >= 0.3 is 5.97 Å². The van der Waals surface area contributed by atoms with Gasteiger partial charge in [-0.15, -0.1) is 0 Å². The lowest BCUT2D eigenvalue weighted by Crippen LogP contribution is -2.21. The first-order chi connectivity index (χ1) is 8.90. The molecule has 0 atom stereocenters. The Kier molecular flexibility index (Phi) is 7.37. The van der Waals surface area contributed by atoms with Crippen LogP contribution in [0.2, 0.25) is 0 Å². The van der Waals surface area contributed by atoms with Crippen LogP contribution in [0.25, 0.3) is 0 Å². The first kappa shape index (κ1) is 17.6. The lowest BCUT2D eigenvalue weighted by Gasteiger charge is -2.16. The first-order valence-corrected chi connectivity index (χ1v) is 6.89. The Bertz CT molecular complexity index is 392. The van der Waals surface area contributed by atoms with Gasteiger partial charge in [-0.2, -0.15) is 0 Å². The zero-order chi connectivity index (χ0) is 15.1. The van der Waals surface area contributed by atoms with E-state index in [2.05, 4.69) is 9.97 Å². The minimum Gasteiger partial charge on any atom is -0.461 e. The molecular weight excluding hydrogens is 244 g/mol. The molecule has 110 valence electrons. The van der Waals surface area contributed by atoms with E-state index >= 15 is 0 Å². The van der Waals surface area contributed by atoms with E-state index in [0.717, 1.165) is 12.8 Å². The predicted octanol–water partition coefficient (Wildman–Crippen LogP) is 2.79. The molecule has 1 aromatic heterocycles. The van der Waals surface area contributed by atoms with E-state index in [0.29, 0.717) is 18.1 Å². The molecule has 1 aromatic rings. The van der Waals surface area contributed by atoms with Crippen molar-refractivity contribution in [3.63, 3.8) is 0 Å². The molecule has 5 nitrogen and oxygen atoms in total. The molecule has 0 aliphatic heterocycles. The van der Waals surface area contributed by atoms with Gasteiger partial charge in [-0.25, -0.2) is 9.78 Å². The number of ether oxygens (including phenoxy) is 1. The number of hydrogen-bond acceptors (Lipinski definition) is 4. The number of aryl methyl sites for hydroxylation is 1. The van der Waals surface area contributed by atoms with Gasteiger partial charge in [0.25, 0.3) is 0 Å². The molecule has 0 aliphatic rings. The summed E-state index contributed by atoms with van der Waals surface area (Å²) in [5.41, 5.74) is -0.539. The fourth-order valence-corrected chi connectivity index (χ4v) is 1.57. The van der Waals surface area contributed by atoms with E-state index < -0.39 is 11.6 Å². The summed E-state index contributed by atoms with van der Waals surface area (Å²) in [4.78, 5) is 18.9. The molecule has 0 fully saturated rings. The van der Waals surface area contributed by atoms with E-state index in [1.807, 2.05) is 20.8 Å². The second-order valence-corrected chi connectivity index (χ2v) is 4.44. The summed E-state index contributed by atoms with van der Waals surface area (Å²) in [7, 11) is 0. The van der Waals surface area contributed by atoms with E-state index in [4.69, 9.17) is 4.74 Å². The summed E-state index contributed by atoms with van der Waals surface area (Å²) in [6.07, 6.45) is 1.66. The maximum Gasteiger partial charge on any atom is 0.358 e. The monoisotopic (exact) mass is 270 g/mol. The minimum absolute atomic E-state index is 0.183. The van der Waals surface area contributed by atoms with Crippen molar-refractivity contribution in [1.29, 1.82) is 0 Å². The van der Waals surface area contributed by atoms with Gasteiger partial charge in [0.05, 0.1) is 12.3 Å². The molecule has 1 heterocycles. The summed E-state index contributed by atoms with van der Waals surface area (Å²) in [6, 6.07) is 0. The van der Waals surface area contributed by atoms with Gasteiger partial charge < -0.3 is 14.8 Å². The van der Waals surface area contributed by atoms with Crippen LogP contribution in [0.3, 0.4) is 0 Å². The van der Waals surface area contributed by atoms with Crippen molar-refractivity contribution in [1.82, 2.24) is 9.97 Å². The van der Waals surface area contributed by atoms with Crippen molar-refractivity contribution in [2.45, 2.75) is 60.0 Å². The van der Waals surface area contributed by atoms with Crippen LogP contribution in [0.5, 0.6) is 0 Å². The quantitative estimate of drug-likeness (QED) is 0.807. The molecular formula is C14H26N2O3. The molecule has 5 heteroatoms. The van der Waals surface area contributed by atoms with E-state index in [9.17, 15) is 9.90 Å². The maximum atomic E-state index is 11.7. The highest BCUT2D eigenvalue weighted by molar-refractivity contribution is 5.89. The highest BCUT2D eigenvalue weighted by Gasteiger charge is 2.28. The summed E-state index contributed by atoms with van der Waals surface area (Å²) in [5, 5.41) is 9.99. The smallest absolute Gasteiger partial charge is 0.358 e. The lowest BCUT2D eigenvalue weighted by atomic mass is 10.0. The van der Waals surface area contributed by atoms with Crippen LogP contribution < -0.4 is 0 Å². The van der Waals surface area contributed by atoms with Gasteiger partial charge in [-0.3, -0.25) is 0 Å². The third-order valence-electron chi connectivity index (χ3n) is 2.32. The van der Waals surface area contributed by atoms with Gasteiger partial charge in [-0.1, -0.05) is 20.8 Å². The number of carbonyl (C=O) groups is 1. The average Bonchev–Trinajstić information content (AvgIpc) is 2.76. The number of aromatic amines is 1. The third-order valence-corrected chi connectivity index (χ3v) is 2.32. The molecule has 2 N–H and O–H groups in total. The number of hydrogen-bond donors (Lipinski definition) is 2. The first-order valence-electron chi connectivity index (χ1n) is 6.89. The molecule has 0 unspecified atom stereocenters. The van der Waals surface area contributed by atoms with Gasteiger partial charge in [0.2, 0.25) is 0 Å². The molecule has 0 aromatic carbocycles. The SMILES string of the molecule is CC.CCCc1nc(C(=O)OCC)c(C(C)(C)O)[nH]1. The number of H-pyrrole nitrogens is 1. The summed E-state index contributed by atoms with van der Waals surface area (Å²) in [5.74, 6) is 0.205. The maximum absolute atomic E-state index is 11.7. The molecule has 0 saturated carbocycles. The average molecular weight is 270 g/mol. The molecule has 1 rings (SSSR count). The predicted molar refractivity (Wildman–Crippen MR) is 75.1 cm³/mol. The summed E-state index contributed by atoms with van der Waals surface area (Å²) < 4.78 is 4.92. The Labute approximate surface area is 115 Å². The highest BCUT2D eigenvalue weighted by atomic mass is 16.5. The van der Waals surface area contributed by atoms with Crippen molar-refractivity contribution >= 4 is 5.97 Å². The fraction of sp³-hybridized carbons (Fsp3) is 0.714. The molecule has 0 radical (unpaired) electrons. The van der Waals surface area contributed by atoms with Gasteiger partial charge in [0, 0.05) is 6.42 Å². The van der Waals surface area contributed by atoms with Crippen LogP contribution in [0.4, 0.5) is 0 Å². The molecule has 0 amide bonds. The fourth-order valence-electron chi connectivity index (χ4n) is 1.57. The zero-order valence-electron chi connectivity index (χ0n) is 12.8. The topological polar surface area (TPSA) is 75.2 Å². The Morgan fingerprint density at radius 3 is 2.37 bits per heavy atom. The van der Waals surface area contributed by atoms with Gasteiger partial charge in [0.1, 0.15) is 11.4 Å². The Morgan fingerprint density at radius 2 is 1.95 bits per heavy atom. The number of aliphatic hydroxyl groups is 1.